The van der Waals surface area contributed by atoms with Crippen LogP contribution >= 0.6 is 0 Å². The predicted molar refractivity (Wildman–Crippen MR) is 108 cm³/mol. The fourth-order valence-electron chi connectivity index (χ4n) is 5.04. The van der Waals surface area contributed by atoms with Gasteiger partial charge in [-0.05, 0) is 77.8 Å². The van der Waals surface area contributed by atoms with Crippen molar-refractivity contribution < 1.29 is 18.0 Å². The summed E-state index contributed by atoms with van der Waals surface area (Å²) in [6, 6.07) is 0. The second-order valence-electron chi connectivity index (χ2n) is 9.02. The van der Waals surface area contributed by atoms with Crippen LogP contribution in [0.3, 0.4) is 0 Å². The molecule has 1 saturated heterocycles. The van der Waals surface area contributed by atoms with E-state index in [-0.39, 0.29) is 10.3 Å². The summed E-state index contributed by atoms with van der Waals surface area (Å²) in [7, 11) is -1.49. The largest absolute Gasteiger partial charge is 0.389 e. The Kier molecular flexibility index (Phi) is 6.25. The van der Waals surface area contributed by atoms with Gasteiger partial charge in [0.2, 0.25) is 10.0 Å². The van der Waals surface area contributed by atoms with E-state index in [0.717, 1.165) is 58.0 Å². The number of sulfonamides is 1. The molecule has 7 nitrogen and oxygen atoms in total. The molecule has 1 aromatic heterocycles. The molecule has 1 N–H and O–H groups in total. The molecule has 2 fully saturated rings. The summed E-state index contributed by atoms with van der Waals surface area (Å²) in [5.74, 6) is 0.358. The van der Waals surface area contributed by atoms with E-state index in [1.165, 1.54) is 0 Å². The normalized spacial score (nSPS) is 22.8. The van der Waals surface area contributed by atoms with Gasteiger partial charge in [0.1, 0.15) is 10.6 Å². The molecule has 0 radical (unpaired) electrons. The van der Waals surface area contributed by atoms with Crippen LogP contribution in [0.5, 0.6) is 0 Å². The highest BCUT2D eigenvalue weighted by Gasteiger charge is 2.45. The number of piperidine rings is 1. The van der Waals surface area contributed by atoms with Gasteiger partial charge in [-0.2, -0.15) is 4.31 Å². The maximum Gasteiger partial charge on any atom is 0.248 e. The zero-order chi connectivity index (χ0) is 20.6. The average Bonchev–Trinajstić information content (AvgIpc) is 2.98. The van der Waals surface area contributed by atoms with E-state index in [4.69, 9.17) is 4.52 Å². The Bertz CT molecular complexity index is 752. The molecular formula is C20H35N3O4S. The maximum absolute atomic E-state index is 13.0. The summed E-state index contributed by atoms with van der Waals surface area (Å²) < 4.78 is 32.7. The van der Waals surface area contributed by atoms with E-state index in [9.17, 15) is 13.5 Å². The maximum atomic E-state index is 13.0. The Morgan fingerprint density at radius 3 is 2.25 bits per heavy atom. The fraction of sp³-hybridized carbons (Fsp3) is 0.850. The first kappa shape index (κ1) is 21.7. The summed E-state index contributed by atoms with van der Waals surface area (Å²) >= 11 is 0. The first-order valence-electron chi connectivity index (χ1n) is 10.4. The zero-order valence-electron chi connectivity index (χ0n) is 17.7. The molecule has 0 unspecified atom stereocenters. The summed E-state index contributed by atoms with van der Waals surface area (Å²) in [5.41, 5.74) is -0.00762. The summed E-state index contributed by atoms with van der Waals surface area (Å²) in [4.78, 5) is 2.44. The third-order valence-corrected chi connectivity index (χ3v) is 8.90. The number of hydrogen-bond donors (Lipinski definition) is 1. The van der Waals surface area contributed by atoms with Crippen molar-refractivity contribution in [2.24, 2.45) is 5.41 Å². The van der Waals surface area contributed by atoms with Gasteiger partial charge >= 0.3 is 0 Å². The first-order chi connectivity index (χ1) is 13.1. The Balaban J connectivity index is 1.60. The number of hydrogen-bond acceptors (Lipinski definition) is 6. The van der Waals surface area contributed by atoms with Crippen molar-refractivity contribution in [3.05, 3.63) is 11.5 Å². The minimum Gasteiger partial charge on any atom is -0.389 e. The third kappa shape index (κ3) is 4.30. The van der Waals surface area contributed by atoms with Crippen LogP contribution < -0.4 is 0 Å². The van der Waals surface area contributed by atoms with Gasteiger partial charge in [0.15, 0.2) is 5.76 Å². The summed E-state index contributed by atoms with van der Waals surface area (Å²) in [6.45, 7) is 8.26. The van der Waals surface area contributed by atoms with Crippen molar-refractivity contribution in [1.82, 2.24) is 14.4 Å². The Labute approximate surface area is 169 Å². The summed E-state index contributed by atoms with van der Waals surface area (Å²) in [5, 5.41) is 14.8. The van der Waals surface area contributed by atoms with Gasteiger partial charge < -0.3 is 14.5 Å². The van der Waals surface area contributed by atoms with Crippen LogP contribution in [-0.4, -0.2) is 66.7 Å². The van der Waals surface area contributed by atoms with Crippen molar-refractivity contribution >= 4 is 10.0 Å². The second kappa shape index (κ2) is 8.05. The molecule has 3 rings (SSSR count). The van der Waals surface area contributed by atoms with Crippen molar-refractivity contribution in [2.75, 3.05) is 33.2 Å². The van der Waals surface area contributed by atoms with Crippen molar-refractivity contribution in [3.63, 3.8) is 0 Å². The van der Waals surface area contributed by atoms with Crippen molar-refractivity contribution in [3.8, 4) is 0 Å². The molecule has 2 aliphatic rings. The number of rotatable bonds is 6. The van der Waals surface area contributed by atoms with Crippen LogP contribution in [0.1, 0.15) is 63.3 Å². The van der Waals surface area contributed by atoms with Gasteiger partial charge in [-0.15, -0.1) is 0 Å². The molecule has 8 heteroatoms. The highest BCUT2D eigenvalue weighted by atomic mass is 32.2. The molecule has 1 aliphatic carbocycles. The topological polar surface area (TPSA) is 86.9 Å². The van der Waals surface area contributed by atoms with Gasteiger partial charge in [0.05, 0.1) is 5.60 Å². The fourth-order valence-corrected chi connectivity index (χ4v) is 6.77. The molecule has 28 heavy (non-hydrogen) atoms. The molecule has 0 atom stereocenters. The Morgan fingerprint density at radius 2 is 1.75 bits per heavy atom. The molecule has 1 aromatic rings. The van der Waals surface area contributed by atoms with Crippen LogP contribution in [0.15, 0.2) is 9.42 Å². The minimum absolute atomic E-state index is 0.167. The molecule has 0 bridgehead atoms. The lowest BCUT2D eigenvalue weighted by Gasteiger charge is -2.48. The number of aromatic nitrogens is 1. The van der Waals surface area contributed by atoms with E-state index in [1.54, 1.807) is 18.2 Å². The zero-order valence-corrected chi connectivity index (χ0v) is 18.5. The quantitative estimate of drug-likeness (QED) is 0.772. The standard InChI is InChI=1S/C20H35N3O4S/c1-5-12-22(4)15-20(24)8-6-19(7-9-20)10-13-23(14-11-19)28(25,26)18-16(2)21-27-17(18)3/h24H,5-15H2,1-4H3. The van der Waals surface area contributed by atoms with Crippen LogP contribution in [0, 0.1) is 19.3 Å². The SMILES string of the molecule is CCCN(C)CC1(O)CCC2(CCN(S(=O)(=O)c3c(C)noc3C)CC2)CC1. The number of nitrogens with zero attached hydrogens (tertiary/aromatic N) is 3. The van der Waals surface area contributed by atoms with Gasteiger partial charge in [-0.25, -0.2) is 8.42 Å². The van der Waals surface area contributed by atoms with Crippen LogP contribution in [0.25, 0.3) is 0 Å². The monoisotopic (exact) mass is 413 g/mol. The third-order valence-electron chi connectivity index (χ3n) is 6.76. The number of aliphatic hydroxyl groups is 1. The average molecular weight is 414 g/mol. The van der Waals surface area contributed by atoms with Crippen molar-refractivity contribution in [2.45, 2.75) is 76.2 Å². The van der Waals surface area contributed by atoms with Crippen LogP contribution in [0.4, 0.5) is 0 Å². The van der Waals surface area contributed by atoms with Crippen LogP contribution in [0.2, 0.25) is 0 Å². The van der Waals surface area contributed by atoms with E-state index >= 15 is 0 Å². The molecule has 2 heterocycles. The Hall–Kier alpha value is -0.960. The van der Waals surface area contributed by atoms with Gasteiger partial charge in [-0.1, -0.05) is 12.1 Å². The predicted octanol–water partition coefficient (Wildman–Crippen LogP) is 2.71. The van der Waals surface area contributed by atoms with Gasteiger partial charge in [0, 0.05) is 19.6 Å². The van der Waals surface area contributed by atoms with Crippen molar-refractivity contribution in [1.29, 1.82) is 0 Å². The molecule has 1 saturated carbocycles. The smallest absolute Gasteiger partial charge is 0.248 e. The summed E-state index contributed by atoms with van der Waals surface area (Å²) in [6.07, 6.45) is 6.36. The second-order valence-corrected chi connectivity index (χ2v) is 10.9. The lowest BCUT2D eigenvalue weighted by molar-refractivity contribution is -0.0621. The number of likely N-dealkylation sites (N-methyl/N-ethyl adjacent to an activating group) is 1. The van der Waals surface area contributed by atoms with E-state index in [2.05, 4.69) is 24.0 Å². The molecular weight excluding hydrogens is 378 g/mol. The van der Waals surface area contributed by atoms with Gasteiger partial charge in [0.25, 0.3) is 0 Å². The minimum atomic E-state index is -3.56. The first-order valence-corrected chi connectivity index (χ1v) is 11.9. The lowest BCUT2D eigenvalue weighted by atomic mass is 9.64. The molecule has 0 aromatic carbocycles. The van der Waals surface area contributed by atoms with E-state index in [1.807, 2.05) is 0 Å². The highest BCUT2D eigenvalue weighted by Crippen LogP contribution is 2.48. The molecule has 1 spiro atoms. The molecule has 160 valence electrons. The highest BCUT2D eigenvalue weighted by molar-refractivity contribution is 7.89. The Morgan fingerprint density at radius 1 is 1.14 bits per heavy atom. The number of aryl methyl sites for hydroxylation is 2. The van der Waals surface area contributed by atoms with Gasteiger partial charge in [-0.3, -0.25) is 0 Å². The van der Waals surface area contributed by atoms with Crippen LogP contribution in [-0.2, 0) is 10.0 Å². The van der Waals surface area contributed by atoms with E-state index < -0.39 is 15.6 Å². The lowest BCUT2D eigenvalue weighted by Crippen LogP contribution is -2.50. The van der Waals surface area contributed by atoms with E-state index in [0.29, 0.717) is 24.5 Å². The molecule has 1 aliphatic heterocycles. The molecule has 0 amide bonds.